The standard InChI is InChI=1S/C22H23N5/c1-14-10-16(11-23)12-24-20(14)21-15(2)18-7-4-8-19(22(18)26-25-21)17-6-5-9-27(3)13-17/h4,7-8,10,12,17H,5-6,9,13H2,1-3H3/t17-/m1/s1. The van der Waals surface area contributed by atoms with Gasteiger partial charge in [-0.1, -0.05) is 18.2 Å². The van der Waals surface area contributed by atoms with Gasteiger partial charge >= 0.3 is 0 Å². The number of pyridine rings is 1. The highest BCUT2D eigenvalue weighted by Crippen LogP contribution is 2.34. The van der Waals surface area contributed by atoms with Crippen molar-refractivity contribution in [2.24, 2.45) is 0 Å². The minimum Gasteiger partial charge on any atom is -0.306 e. The van der Waals surface area contributed by atoms with Crippen molar-refractivity contribution < 1.29 is 0 Å². The summed E-state index contributed by atoms with van der Waals surface area (Å²) in [5, 5.41) is 19.4. The number of hydrogen-bond acceptors (Lipinski definition) is 5. The lowest BCUT2D eigenvalue weighted by atomic mass is 9.88. The molecule has 1 aromatic carbocycles. The number of nitrogens with zero attached hydrogens (tertiary/aromatic N) is 5. The predicted octanol–water partition coefficient (Wildman–Crippen LogP) is 3.99. The van der Waals surface area contributed by atoms with Crippen LogP contribution in [-0.4, -0.2) is 40.2 Å². The number of rotatable bonds is 2. The highest BCUT2D eigenvalue weighted by atomic mass is 15.1. The average molecular weight is 357 g/mol. The van der Waals surface area contributed by atoms with E-state index in [4.69, 9.17) is 5.26 Å². The molecule has 1 aliphatic rings. The summed E-state index contributed by atoms with van der Waals surface area (Å²) < 4.78 is 0. The molecule has 0 N–H and O–H groups in total. The van der Waals surface area contributed by atoms with E-state index in [1.54, 1.807) is 6.20 Å². The van der Waals surface area contributed by atoms with Crippen molar-refractivity contribution in [3.8, 4) is 17.5 Å². The summed E-state index contributed by atoms with van der Waals surface area (Å²) in [6.07, 6.45) is 4.01. The monoisotopic (exact) mass is 357 g/mol. The zero-order valence-electron chi connectivity index (χ0n) is 16.0. The number of hydrogen-bond donors (Lipinski definition) is 0. The molecule has 1 aliphatic heterocycles. The van der Waals surface area contributed by atoms with Gasteiger partial charge in [0.05, 0.1) is 16.8 Å². The van der Waals surface area contributed by atoms with E-state index in [0.717, 1.165) is 40.0 Å². The van der Waals surface area contributed by atoms with E-state index in [2.05, 4.69) is 58.3 Å². The van der Waals surface area contributed by atoms with E-state index in [9.17, 15) is 0 Å². The smallest absolute Gasteiger partial charge is 0.115 e. The Kier molecular flexibility index (Phi) is 4.59. The first-order chi connectivity index (χ1) is 13.1. The van der Waals surface area contributed by atoms with Crippen LogP contribution in [0.25, 0.3) is 22.3 Å². The van der Waals surface area contributed by atoms with Crippen molar-refractivity contribution in [2.75, 3.05) is 20.1 Å². The van der Waals surface area contributed by atoms with Gasteiger partial charge in [0.2, 0.25) is 0 Å². The van der Waals surface area contributed by atoms with Crippen LogP contribution >= 0.6 is 0 Å². The molecule has 5 heteroatoms. The summed E-state index contributed by atoms with van der Waals surface area (Å²) >= 11 is 0. The molecule has 4 rings (SSSR count). The number of aromatic nitrogens is 3. The van der Waals surface area contributed by atoms with Crippen molar-refractivity contribution in [2.45, 2.75) is 32.6 Å². The number of likely N-dealkylation sites (tertiary alicyclic amines) is 1. The molecule has 2 aromatic heterocycles. The molecule has 5 nitrogen and oxygen atoms in total. The molecule has 1 saturated heterocycles. The number of benzene rings is 1. The molecule has 136 valence electrons. The lowest BCUT2D eigenvalue weighted by molar-refractivity contribution is 0.251. The Morgan fingerprint density at radius 2 is 2.04 bits per heavy atom. The second-order valence-electron chi connectivity index (χ2n) is 7.52. The van der Waals surface area contributed by atoms with Crippen LogP contribution in [0.15, 0.2) is 30.5 Å². The molecule has 1 fully saturated rings. The maximum absolute atomic E-state index is 9.07. The lowest BCUT2D eigenvalue weighted by Crippen LogP contribution is -2.31. The van der Waals surface area contributed by atoms with Gasteiger partial charge in [-0.3, -0.25) is 4.98 Å². The first-order valence-electron chi connectivity index (χ1n) is 9.40. The topological polar surface area (TPSA) is 65.7 Å². The minimum atomic E-state index is 0.502. The van der Waals surface area contributed by atoms with Crippen molar-refractivity contribution in [1.29, 1.82) is 5.26 Å². The molecule has 3 heterocycles. The summed E-state index contributed by atoms with van der Waals surface area (Å²) in [7, 11) is 2.19. The molecule has 27 heavy (non-hydrogen) atoms. The second kappa shape index (κ2) is 7.05. The van der Waals surface area contributed by atoms with Gasteiger partial charge in [-0.15, -0.1) is 10.2 Å². The van der Waals surface area contributed by atoms with Crippen molar-refractivity contribution in [3.05, 3.63) is 52.7 Å². The Hall–Kier alpha value is -2.84. The van der Waals surface area contributed by atoms with Crippen molar-refractivity contribution in [1.82, 2.24) is 20.1 Å². The quantitative estimate of drug-likeness (QED) is 0.694. The highest BCUT2D eigenvalue weighted by molar-refractivity contribution is 5.89. The molecule has 0 unspecified atom stereocenters. The molecule has 1 atom stereocenters. The van der Waals surface area contributed by atoms with Crippen LogP contribution in [-0.2, 0) is 0 Å². The highest BCUT2D eigenvalue weighted by Gasteiger charge is 2.22. The predicted molar refractivity (Wildman–Crippen MR) is 106 cm³/mol. The van der Waals surface area contributed by atoms with Gasteiger partial charge in [-0.2, -0.15) is 5.26 Å². The normalized spacial score (nSPS) is 17.8. The average Bonchev–Trinajstić information content (AvgIpc) is 2.68. The third kappa shape index (κ3) is 3.17. The van der Waals surface area contributed by atoms with Crippen LogP contribution in [0.2, 0.25) is 0 Å². The Bertz CT molecular complexity index is 1050. The van der Waals surface area contributed by atoms with E-state index >= 15 is 0 Å². The molecule has 0 saturated carbocycles. The fourth-order valence-corrected chi connectivity index (χ4v) is 4.14. The van der Waals surface area contributed by atoms with Crippen molar-refractivity contribution >= 4 is 10.9 Å². The Balaban J connectivity index is 1.83. The third-order valence-corrected chi connectivity index (χ3v) is 5.57. The Morgan fingerprint density at radius 3 is 2.78 bits per heavy atom. The summed E-state index contributed by atoms with van der Waals surface area (Å²) in [4.78, 5) is 6.87. The van der Waals surface area contributed by atoms with Gasteiger partial charge in [0, 0.05) is 18.1 Å². The molecular formula is C22H23N5. The molecule has 0 spiro atoms. The van der Waals surface area contributed by atoms with Crippen LogP contribution in [0.4, 0.5) is 0 Å². The number of aryl methyl sites for hydroxylation is 2. The summed E-state index contributed by atoms with van der Waals surface area (Å²) in [5.41, 5.74) is 6.48. The van der Waals surface area contributed by atoms with Gasteiger partial charge in [0.1, 0.15) is 11.8 Å². The van der Waals surface area contributed by atoms with Gasteiger partial charge in [-0.25, -0.2) is 0 Å². The number of piperidine rings is 1. The maximum atomic E-state index is 9.07. The van der Waals surface area contributed by atoms with Gasteiger partial charge in [0.25, 0.3) is 0 Å². The zero-order chi connectivity index (χ0) is 19.0. The Morgan fingerprint density at radius 1 is 1.19 bits per heavy atom. The number of nitriles is 1. The van der Waals surface area contributed by atoms with Gasteiger partial charge < -0.3 is 4.90 Å². The van der Waals surface area contributed by atoms with Gasteiger partial charge in [0.15, 0.2) is 0 Å². The van der Waals surface area contributed by atoms with Crippen LogP contribution in [0, 0.1) is 25.2 Å². The fourth-order valence-electron chi connectivity index (χ4n) is 4.14. The van der Waals surface area contributed by atoms with E-state index < -0.39 is 0 Å². The number of likely N-dealkylation sites (N-methyl/N-ethyl adjacent to an activating group) is 1. The Labute approximate surface area is 159 Å². The molecule has 3 aromatic rings. The van der Waals surface area contributed by atoms with Crippen LogP contribution in [0.1, 0.15) is 41.0 Å². The summed E-state index contributed by atoms with van der Waals surface area (Å²) in [6.45, 7) is 6.28. The van der Waals surface area contributed by atoms with Crippen LogP contribution in [0.5, 0.6) is 0 Å². The largest absolute Gasteiger partial charge is 0.306 e. The first kappa shape index (κ1) is 17.6. The molecule has 0 bridgehead atoms. The SMILES string of the molecule is Cc1cc(C#N)cnc1-c1nnc2c([C@@H]3CCCN(C)C3)cccc2c1C. The molecule has 0 amide bonds. The lowest BCUT2D eigenvalue weighted by Gasteiger charge is -2.30. The summed E-state index contributed by atoms with van der Waals surface area (Å²) in [6, 6.07) is 10.4. The fraction of sp³-hybridized carbons (Fsp3) is 0.364. The zero-order valence-corrected chi connectivity index (χ0v) is 16.0. The van der Waals surface area contributed by atoms with E-state index in [0.29, 0.717) is 11.5 Å². The maximum Gasteiger partial charge on any atom is 0.115 e. The number of fused-ring (bicyclic) bond motifs is 1. The van der Waals surface area contributed by atoms with Crippen LogP contribution in [0.3, 0.4) is 0 Å². The molecule has 0 radical (unpaired) electrons. The van der Waals surface area contributed by atoms with Crippen molar-refractivity contribution in [3.63, 3.8) is 0 Å². The molecule has 0 aliphatic carbocycles. The summed E-state index contributed by atoms with van der Waals surface area (Å²) in [5.74, 6) is 0.502. The van der Waals surface area contributed by atoms with E-state index in [1.807, 2.05) is 13.0 Å². The third-order valence-electron chi connectivity index (χ3n) is 5.57. The second-order valence-corrected chi connectivity index (χ2v) is 7.52. The van der Waals surface area contributed by atoms with Crippen LogP contribution < -0.4 is 0 Å². The van der Waals surface area contributed by atoms with Gasteiger partial charge in [-0.05, 0) is 69.0 Å². The molecular weight excluding hydrogens is 334 g/mol. The van der Waals surface area contributed by atoms with E-state index in [1.165, 1.54) is 24.9 Å². The first-order valence-corrected chi connectivity index (χ1v) is 9.40. The van der Waals surface area contributed by atoms with E-state index in [-0.39, 0.29) is 0 Å². The minimum absolute atomic E-state index is 0.502.